The maximum atomic E-state index is 5.82. The first kappa shape index (κ1) is 13.6. The molecule has 106 valence electrons. The Labute approximate surface area is 126 Å². The Kier molecular flexibility index (Phi) is 4.16. The van der Waals surface area contributed by atoms with Crippen molar-refractivity contribution in [2.75, 3.05) is 6.26 Å². The smallest absolute Gasteiger partial charge is 0.213 e. The molecule has 0 amide bonds. The molecule has 0 atom stereocenters. The van der Waals surface area contributed by atoms with Crippen molar-refractivity contribution < 1.29 is 4.74 Å². The van der Waals surface area contributed by atoms with E-state index in [1.54, 1.807) is 4.68 Å². The van der Waals surface area contributed by atoms with Gasteiger partial charge >= 0.3 is 0 Å². The van der Waals surface area contributed by atoms with E-state index in [1.165, 1.54) is 11.8 Å². The van der Waals surface area contributed by atoms with E-state index < -0.39 is 0 Å². The van der Waals surface area contributed by atoms with Crippen LogP contribution in [0.15, 0.2) is 59.8 Å². The predicted octanol–water partition coefficient (Wildman–Crippen LogP) is 2.96. The average Bonchev–Trinajstić information content (AvgIpc) is 3.03. The molecular weight excluding hydrogens is 284 g/mol. The largest absolute Gasteiger partial charge is 0.489 e. The first-order valence-electron chi connectivity index (χ1n) is 6.46. The minimum Gasteiger partial charge on any atom is -0.489 e. The summed E-state index contributed by atoms with van der Waals surface area (Å²) in [5.74, 6) is 0.791. The third kappa shape index (κ3) is 3.22. The molecule has 0 aliphatic heterocycles. The van der Waals surface area contributed by atoms with Crippen LogP contribution in [0.1, 0.15) is 5.56 Å². The molecule has 3 aromatic rings. The molecule has 0 saturated heterocycles. The van der Waals surface area contributed by atoms with Gasteiger partial charge in [0.15, 0.2) is 0 Å². The summed E-state index contributed by atoms with van der Waals surface area (Å²) < 4.78 is 7.51. The molecule has 0 aliphatic carbocycles. The summed E-state index contributed by atoms with van der Waals surface area (Å²) in [6, 6.07) is 17.8. The van der Waals surface area contributed by atoms with Crippen LogP contribution < -0.4 is 4.74 Å². The number of hydrogen-bond acceptors (Lipinski definition) is 5. The van der Waals surface area contributed by atoms with Gasteiger partial charge in [-0.25, -0.2) is 0 Å². The van der Waals surface area contributed by atoms with E-state index >= 15 is 0 Å². The van der Waals surface area contributed by atoms with Gasteiger partial charge in [0.25, 0.3) is 0 Å². The number of aromatic nitrogens is 4. The molecule has 2 aromatic carbocycles. The van der Waals surface area contributed by atoms with Crippen molar-refractivity contribution in [2.24, 2.45) is 0 Å². The zero-order valence-electron chi connectivity index (χ0n) is 11.5. The van der Waals surface area contributed by atoms with Gasteiger partial charge in [-0.15, -0.1) is 5.10 Å². The van der Waals surface area contributed by atoms with Gasteiger partial charge in [-0.3, -0.25) is 0 Å². The highest BCUT2D eigenvalue weighted by atomic mass is 32.2. The summed E-state index contributed by atoms with van der Waals surface area (Å²) in [4.78, 5) is 0. The highest BCUT2D eigenvalue weighted by Gasteiger charge is 2.07. The van der Waals surface area contributed by atoms with Crippen LogP contribution in [0.25, 0.3) is 5.69 Å². The number of hydrogen-bond donors (Lipinski definition) is 0. The molecule has 6 heteroatoms. The highest BCUT2D eigenvalue weighted by Crippen LogP contribution is 2.20. The van der Waals surface area contributed by atoms with E-state index in [0.717, 1.165) is 22.2 Å². The lowest BCUT2D eigenvalue weighted by atomic mass is 10.2. The second-order valence-corrected chi connectivity index (χ2v) is 5.12. The summed E-state index contributed by atoms with van der Waals surface area (Å²) in [6.45, 7) is 0.537. The molecule has 0 N–H and O–H groups in total. The van der Waals surface area contributed by atoms with Gasteiger partial charge in [-0.05, 0) is 34.4 Å². The summed E-state index contributed by atoms with van der Waals surface area (Å²) in [6.07, 6.45) is 1.94. The Morgan fingerprint density at radius 2 is 1.95 bits per heavy atom. The van der Waals surface area contributed by atoms with Crippen LogP contribution in [0.3, 0.4) is 0 Å². The van der Waals surface area contributed by atoms with Crippen molar-refractivity contribution in [3.8, 4) is 11.4 Å². The average molecular weight is 298 g/mol. The minimum absolute atomic E-state index is 0.537. The quantitative estimate of drug-likeness (QED) is 0.678. The van der Waals surface area contributed by atoms with Crippen molar-refractivity contribution in [3.05, 3.63) is 60.2 Å². The molecular formula is C15H14N4OS. The van der Waals surface area contributed by atoms with Crippen molar-refractivity contribution in [3.63, 3.8) is 0 Å². The van der Waals surface area contributed by atoms with E-state index in [0.29, 0.717) is 6.61 Å². The maximum absolute atomic E-state index is 5.82. The molecule has 3 rings (SSSR count). The number of nitrogens with zero attached hydrogens (tertiary/aromatic N) is 4. The third-order valence-electron chi connectivity index (χ3n) is 2.93. The van der Waals surface area contributed by atoms with Crippen molar-refractivity contribution >= 4 is 11.8 Å². The van der Waals surface area contributed by atoms with E-state index in [4.69, 9.17) is 4.74 Å². The second-order valence-electron chi connectivity index (χ2n) is 4.35. The lowest BCUT2D eigenvalue weighted by Crippen LogP contribution is -2.00. The Morgan fingerprint density at radius 3 is 2.76 bits per heavy atom. The highest BCUT2D eigenvalue weighted by molar-refractivity contribution is 7.98. The second kappa shape index (κ2) is 6.41. The van der Waals surface area contributed by atoms with E-state index in [1.807, 2.05) is 60.9 Å². The lowest BCUT2D eigenvalue weighted by Gasteiger charge is -2.08. The van der Waals surface area contributed by atoms with Crippen LogP contribution in [-0.2, 0) is 6.61 Å². The summed E-state index contributed by atoms with van der Waals surface area (Å²) in [5, 5.41) is 12.4. The lowest BCUT2D eigenvalue weighted by molar-refractivity contribution is 0.306. The molecule has 0 bridgehead atoms. The van der Waals surface area contributed by atoms with Crippen LogP contribution in [0.5, 0.6) is 5.75 Å². The van der Waals surface area contributed by atoms with Gasteiger partial charge in [0.2, 0.25) is 5.16 Å². The van der Waals surface area contributed by atoms with Crippen molar-refractivity contribution in [1.29, 1.82) is 0 Å². The van der Waals surface area contributed by atoms with Gasteiger partial charge in [-0.2, -0.15) is 4.68 Å². The maximum Gasteiger partial charge on any atom is 0.213 e. The molecule has 0 fully saturated rings. The summed E-state index contributed by atoms with van der Waals surface area (Å²) in [5.41, 5.74) is 2.02. The number of thioether (sulfide) groups is 1. The van der Waals surface area contributed by atoms with Crippen LogP contribution in [-0.4, -0.2) is 26.5 Å². The molecule has 0 unspecified atom stereocenters. The zero-order chi connectivity index (χ0) is 14.5. The normalized spacial score (nSPS) is 10.5. The van der Waals surface area contributed by atoms with Gasteiger partial charge in [0.05, 0.1) is 5.69 Å². The van der Waals surface area contributed by atoms with Crippen LogP contribution in [0.4, 0.5) is 0 Å². The summed E-state index contributed by atoms with van der Waals surface area (Å²) in [7, 11) is 0. The van der Waals surface area contributed by atoms with E-state index in [-0.39, 0.29) is 0 Å². The Balaban J connectivity index is 1.77. The Bertz CT molecular complexity index is 714. The standard InChI is InChI=1S/C15H14N4OS/c1-21-15-16-17-18-19(15)13-8-5-9-14(10-13)20-11-12-6-3-2-4-7-12/h2-10H,11H2,1H3. The van der Waals surface area contributed by atoms with E-state index in [2.05, 4.69) is 15.5 Å². The van der Waals surface area contributed by atoms with Crippen LogP contribution in [0.2, 0.25) is 0 Å². The van der Waals surface area contributed by atoms with Crippen LogP contribution in [0, 0.1) is 0 Å². The number of benzene rings is 2. The summed E-state index contributed by atoms with van der Waals surface area (Å²) >= 11 is 1.50. The number of ether oxygens (including phenoxy) is 1. The zero-order valence-corrected chi connectivity index (χ0v) is 12.3. The molecule has 1 heterocycles. The SMILES string of the molecule is CSc1nnnn1-c1cccc(OCc2ccccc2)c1. The molecule has 21 heavy (non-hydrogen) atoms. The first-order chi connectivity index (χ1) is 10.4. The fraction of sp³-hybridized carbons (Fsp3) is 0.133. The fourth-order valence-corrected chi connectivity index (χ4v) is 2.35. The molecule has 0 aliphatic rings. The van der Waals surface area contributed by atoms with Crippen molar-refractivity contribution in [2.45, 2.75) is 11.8 Å². The minimum atomic E-state index is 0.537. The molecule has 0 spiro atoms. The Hall–Kier alpha value is -2.34. The topological polar surface area (TPSA) is 52.8 Å². The van der Waals surface area contributed by atoms with Gasteiger partial charge in [0.1, 0.15) is 12.4 Å². The Morgan fingerprint density at radius 1 is 1.10 bits per heavy atom. The first-order valence-corrected chi connectivity index (χ1v) is 7.69. The van der Waals surface area contributed by atoms with Gasteiger partial charge in [-0.1, -0.05) is 48.2 Å². The molecule has 1 aromatic heterocycles. The predicted molar refractivity (Wildman–Crippen MR) is 81.7 cm³/mol. The van der Waals surface area contributed by atoms with Gasteiger partial charge in [0, 0.05) is 6.07 Å². The molecule has 5 nitrogen and oxygen atoms in total. The monoisotopic (exact) mass is 298 g/mol. The van der Waals surface area contributed by atoms with Gasteiger partial charge < -0.3 is 4.74 Å². The molecule has 0 saturated carbocycles. The van der Waals surface area contributed by atoms with E-state index in [9.17, 15) is 0 Å². The fourth-order valence-electron chi connectivity index (χ4n) is 1.91. The van der Waals surface area contributed by atoms with Crippen LogP contribution >= 0.6 is 11.8 Å². The number of tetrazole rings is 1. The van der Waals surface area contributed by atoms with Crippen molar-refractivity contribution in [1.82, 2.24) is 20.2 Å². The number of rotatable bonds is 5. The molecule has 0 radical (unpaired) electrons. The third-order valence-corrected chi connectivity index (χ3v) is 3.55.